The molecule has 1 N–H and O–H groups in total. The van der Waals surface area contributed by atoms with E-state index in [0.29, 0.717) is 16.3 Å². The van der Waals surface area contributed by atoms with Crippen molar-refractivity contribution >= 4 is 10.0 Å². The normalized spacial score (nSPS) is 25.7. The minimum atomic E-state index is -3.54. The van der Waals surface area contributed by atoms with Crippen LogP contribution < -0.4 is 4.74 Å². The first kappa shape index (κ1) is 18.5. The number of rotatable bonds is 5. The van der Waals surface area contributed by atoms with E-state index < -0.39 is 10.0 Å². The van der Waals surface area contributed by atoms with E-state index in [1.807, 2.05) is 12.1 Å². The molecule has 2 bridgehead atoms. The number of nitrogens with one attached hydrogen (secondary N) is 1. The fraction of sp³-hybridized carbons (Fsp3) is 0.550. The lowest BCUT2D eigenvalue weighted by atomic mass is 10.0. The van der Waals surface area contributed by atoms with Crippen molar-refractivity contribution in [3.05, 3.63) is 41.2 Å². The largest absolute Gasteiger partial charge is 0.490 e. The Morgan fingerprint density at radius 1 is 1.15 bits per heavy atom. The van der Waals surface area contributed by atoms with Gasteiger partial charge in [0.15, 0.2) is 0 Å². The van der Waals surface area contributed by atoms with Gasteiger partial charge in [0.25, 0.3) is 0 Å². The minimum absolute atomic E-state index is 0.00219. The maximum atomic E-state index is 13.3. The lowest BCUT2D eigenvalue weighted by Crippen LogP contribution is -2.49. The average Bonchev–Trinajstić information content (AvgIpc) is 3.13. The van der Waals surface area contributed by atoms with Gasteiger partial charge in [-0.2, -0.15) is 9.40 Å². The summed E-state index contributed by atoms with van der Waals surface area (Å²) in [5.41, 5.74) is 2.44. The second kappa shape index (κ2) is 6.95. The highest BCUT2D eigenvalue weighted by Gasteiger charge is 2.48. The van der Waals surface area contributed by atoms with Crippen molar-refractivity contribution < 1.29 is 13.2 Å². The Bertz CT molecular complexity index is 887. The molecule has 0 unspecified atom stereocenters. The Kier molecular flexibility index (Phi) is 4.76. The minimum Gasteiger partial charge on any atom is -0.490 e. The smallest absolute Gasteiger partial charge is 0.247 e. The number of benzene rings is 1. The van der Waals surface area contributed by atoms with Gasteiger partial charge in [0, 0.05) is 24.9 Å². The molecule has 1 aromatic heterocycles. The fourth-order valence-corrected chi connectivity index (χ4v) is 6.83. The number of fused-ring (bicyclic) bond motifs is 2. The van der Waals surface area contributed by atoms with E-state index in [4.69, 9.17) is 4.74 Å². The van der Waals surface area contributed by atoms with Crippen molar-refractivity contribution in [2.75, 3.05) is 0 Å². The lowest BCUT2D eigenvalue weighted by Gasteiger charge is -2.37. The molecule has 0 amide bonds. The van der Waals surface area contributed by atoms with Gasteiger partial charge in [-0.15, -0.1) is 0 Å². The molecule has 146 valence electrons. The third-order valence-corrected chi connectivity index (χ3v) is 8.12. The third-order valence-electron chi connectivity index (χ3n) is 5.85. The van der Waals surface area contributed by atoms with Gasteiger partial charge in [-0.1, -0.05) is 19.1 Å². The van der Waals surface area contributed by atoms with Crippen molar-refractivity contribution in [3.8, 4) is 5.75 Å². The summed E-state index contributed by atoms with van der Waals surface area (Å²) < 4.78 is 34.6. The average molecular weight is 390 g/mol. The van der Waals surface area contributed by atoms with E-state index in [1.54, 1.807) is 18.2 Å². The zero-order valence-electron chi connectivity index (χ0n) is 16.1. The number of H-pyrrole nitrogens is 1. The molecule has 3 heterocycles. The summed E-state index contributed by atoms with van der Waals surface area (Å²) in [6, 6.07) is 8.22. The van der Waals surface area contributed by atoms with E-state index >= 15 is 0 Å². The van der Waals surface area contributed by atoms with Crippen molar-refractivity contribution in [1.82, 2.24) is 14.5 Å². The van der Waals surface area contributed by atoms with Gasteiger partial charge in [-0.05, 0) is 50.8 Å². The summed E-state index contributed by atoms with van der Waals surface area (Å²) in [7, 11) is -3.54. The molecule has 3 atom stereocenters. The number of sulfonamides is 1. The van der Waals surface area contributed by atoms with Crippen molar-refractivity contribution in [2.24, 2.45) is 0 Å². The van der Waals surface area contributed by atoms with Crippen LogP contribution in [-0.4, -0.2) is 41.1 Å². The maximum absolute atomic E-state index is 13.3. The van der Waals surface area contributed by atoms with Crippen LogP contribution in [0.25, 0.3) is 0 Å². The molecule has 0 radical (unpaired) electrons. The van der Waals surface area contributed by atoms with Crippen LogP contribution in [0.5, 0.6) is 5.75 Å². The number of aromatic amines is 1. The van der Waals surface area contributed by atoms with E-state index in [2.05, 4.69) is 29.3 Å². The Morgan fingerprint density at radius 2 is 1.78 bits per heavy atom. The van der Waals surface area contributed by atoms with E-state index in [-0.39, 0.29) is 18.2 Å². The predicted octanol–water partition coefficient (Wildman–Crippen LogP) is 3.35. The van der Waals surface area contributed by atoms with Crippen LogP contribution in [0.3, 0.4) is 0 Å². The molecule has 4 rings (SSSR count). The SMILES string of the molecule is CCc1ccc(O[C@H]2C[C@H]3CC[C@@H](C2)N3S(=O)(=O)c2c(C)n[nH]c2C)cc1. The molecule has 0 saturated carbocycles. The van der Waals surface area contributed by atoms with Crippen molar-refractivity contribution in [2.45, 2.75) is 76.0 Å². The quantitative estimate of drug-likeness (QED) is 0.851. The molecule has 0 aliphatic carbocycles. The standard InChI is InChI=1S/C20H27N3O3S/c1-4-15-5-9-18(10-6-15)26-19-11-16-7-8-17(12-19)23(16)27(24,25)20-13(2)21-22-14(20)3/h5-6,9-10,16-17,19H,4,7-8,11-12H2,1-3H3,(H,21,22)/t16-,17+,19+. The highest BCUT2D eigenvalue weighted by molar-refractivity contribution is 7.89. The van der Waals surface area contributed by atoms with Crippen LogP contribution >= 0.6 is 0 Å². The molecule has 27 heavy (non-hydrogen) atoms. The molecular weight excluding hydrogens is 362 g/mol. The van der Waals surface area contributed by atoms with E-state index in [9.17, 15) is 8.42 Å². The fourth-order valence-electron chi connectivity index (χ4n) is 4.60. The van der Waals surface area contributed by atoms with Gasteiger partial charge < -0.3 is 4.74 Å². The van der Waals surface area contributed by atoms with Crippen LogP contribution in [0.1, 0.15) is 49.6 Å². The molecule has 2 fully saturated rings. The van der Waals surface area contributed by atoms with Gasteiger partial charge in [0.2, 0.25) is 10.0 Å². The second-order valence-electron chi connectivity index (χ2n) is 7.69. The van der Waals surface area contributed by atoms with Gasteiger partial charge >= 0.3 is 0 Å². The lowest BCUT2D eigenvalue weighted by molar-refractivity contribution is 0.0956. The highest BCUT2D eigenvalue weighted by atomic mass is 32.2. The zero-order valence-corrected chi connectivity index (χ0v) is 16.9. The Balaban J connectivity index is 1.52. The Hall–Kier alpha value is -1.86. The van der Waals surface area contributed by atoms with Crippen LogP contribution in [0.15, 0.2) is 29.2 Å². The van der Waals surface area contributed by atoms with E-state index in [0.717, 1.165) is 37.9 Å². The van der Waals surface area contributed by atoms with Gasteiger partial charge in [0.05, 0.1) is 11.4 Å². The molecular formula is C20H27N3O3S. The molecule has 1 aromatic carbocycles. The van der Waals surface area contributed by atoms with Gasteiger partial charge in [-0.3, -0.25) is 5.10 Å². The zero-order chi connectivity index (χ0) is 19.2. The Morgan fingerprint density at radius 3 is 2.30 bits per heavy atom. The highest BCUT2D eigenvalue weighted by Crippen LogP contribution is 2.41. The first-order valence-electron chi connectivity index (χ1n) is 9.70. The van der Waals surface area contributed by atoms with Crippen molar-refractivity contribution in [1.29, 1.82) is 0 Å². The molecule has 2 aliphatic heterocycles. The number of aryl methyl sites for hydroxylation is 3. The summed E-state index contributed by atoms with van der Waals surface area (Å²) in [4.78, 5) is 0.342. The summed E-state index contributed by atoms with van der Waals surface area (Å²) in [5, 5.41) is 6.88. The van der Waals surface area contributed by atoms with Crippen LogP contribution in [0.4, 0.5) is 0 Å². The first-order chi connectivity index (χ1) is 12.9. The second-order valence-corrected chi connectivity index (χ2v) is 9.47. The molecule has 7 heteroatoms. The Labute approximate surface area is 161 Å². The number of ether oxygens (including phenoxy) is 1. The van der Waals surface area contributed by atoms with Gasteiger partial charge in [0.1, 0.15) is 16.7 Å². The number of nitrogens with zero attached hydrogens (tertiary/aromatic N) is 2. The summed E-state index contributed by atoms with van der Waals surface area (Å²) in [6.45, 7) is 5.64. The topological polar surface area (TPSA) is 75.3 Å². The summed E-state index contributed by atoms with van der Waals surface area (Å²) >= 11 is 0. The summed E-state index contributed by atoms with van der Waals surface area (Å²) in [6.07, 6.45) is 4.34. The molecule has 6 nitrogen and oxygen atoms in total. The first-order valence-corrected chi connectivity index (χ1v) is 11.1. The predicted molar refractivity (Wildman–Crippen MR) is 103 cm³/mol. The number of hydrogen-bond donors (Lipinski definition) is 1. The van der Waals surface area contributed by atoms with E-state index in [1.165, 1.54) is 5.56 Å². The molecule has 0 spiro atoms. The number of aromatic nitrogens is 2. The molecule has 2 aromatic rings. The molecule has 2 saturated heterocycles. The number of piperidine rings is 1. The maximum Gasteiger partial charge on any atom is 0.247 e. The number of hydrogen-bond acceptors (Lipinski definition) is 4. The summed E-state index contributed by atoms with van der Waals surface area (Å²) in [5.74, 6) is 0.870. The monoisotopic (exact) mass is 389 g/mol. The van der Waals surface area contributed by atoms with Crippen LogP contribution in [-0.2, 0) is 16.4 Å². The van der Waals surface area contributed by atoms with Crippen LogP contribution in [0.2, 0.25) is 0 Å². The molecule has 2 aliphatic rings. The van der Waals surface area contributed by atoms with Gasteiger partial charge in [-0.25, -0.2) is 8.42 Å². The van der Waals surface area contributed by atoms with Crippen molar-refractivity contribution in [3.63, 3.8) is 0 Å². The third kappa shape index (κ3) is 3.27. The van der Waals surface area contributed by atoms with Crippen LogP contribution in [0, 0.1) is 13.8 Å².